The molecule has 2 rings (SSSR count). The fourth-order valence-electron chi connectivity index (χ4n) is 4.56. The van der Waals surface area contributed by atoms with E-state index in [1.54, 1.807) is 12.1 Å². The SMILES string of the molecule is CC(C)(C)OC(=O)CCCCCCCCCCCCCCCc1cc(Oc2ccc(S(N)(=O)=O)cc2)ccc1F. The number of hydrogen-bond donors (Lipinski definition) is 1. The molecule has 0 heterocycles. The van der Waals surface area contributed by atoms with Gasteiger partial charge in [0.25, 0.3) is 0 Å². The van der Waals surface area contributed by atoms with Crippen LogP contribution in [0.5, 0.6) is 11.5 Å². The normalized spacial score (nSPS) is 11.9. The molecule has 0 fully saturated rings. The van der Waals surface area contributed by atoms with E-state index in [0.717, 1.165) is 32.1 Å². The van der Waals surface area contributed by atoms with Crippen LogP contribution in [0.25, 0.3) is 0 Å². The molecule has 224 valence electrons. The van der Waals surface area contributed by atoms with Crippen LogP contribution in [0.4, 0.5) is 4.39 Å². The van der Waals surface area contributed by atoms with Gasteiger partial charge in [-0.25, -0.2) is 17.9 Å². The van der Waals surface area contributed by atoms with Gasteiger partial charge in [-0.2, -0.15) is 0 Å². The summed E-state index contributed by atoms with van der Waals surface area (Å²) in [5, 5.41) is 5.12. The maximum absolute atomic E-state index is 14.3. The van der Waals surface area contributed by atoms with Crippen molar-refractivity contribution in [2.24, 2.45) is 5.14 Å². The van der Waals surface area contributed by atoms with E-state index in [2.05, 4.69) is 0 Å². The first-order chi connectivity index (χ1) is 18.9. The van der Waals surface area contributed by atoms with Crippen LogP contribution in [-0.4, -0.2) is 20.0 Å². The molecule has 0 saturated heterocycles. The van der Waals surface area contributed by atoms with Gasteiger partial charge >= 0.3 is 5.97 Å². The molecule has 2 N–H and O–H groups in total. The molecule has 0 aliphatic heterocycles. The zero-order chi connectivity index (χ0) is 29.4. The van der Waals surface area contributed by atoms with Gasteiger partial charge in [0.2, 0.25) is 10.0 Å². The van der Waals surface area contributed by atoms with E-state index in [1.165, 1.54) is 81.7 Å². The number of hydrogen-bond acceptors (Lipinski definition) is 5. The van der Waals surface area contributed by atoms with Gasteiger partial charge in [0, 0.05) is 6.42 Å². The first kappa shape index (κ1) is 33.8. The molecule has 0 aliphatic rings. The average Bonchev–Trinajstić information content (AvgIpc) is 2.87. The Morgan fingerprint density at radius 3 is 1.73 bits per heavy atom. The summed E-state index contributed by atoms with van der Waals surface area (Å²) in [5.41, 5.74) is 0.238. The Morgan fingerprint density at radius 2 is 1.23 bits per heavy atom. The average molecular weight is 578 g/mol. The van der Waals surface area contributed by atoms with Crippen molar-refractivity contribution >= 4 is 16.0 Å². The van der Waals surface area contributed by atoms with Gasteiger partial charge in [0.1, 0.15) is 22.9 Å². The number of halogens is 1. The first-order valence-corrected chi connectivity index (χ1v) is 16.3. The van der Waals surface area contributed by atoms with Crippen LogP contribution in [0.2, 0.25) is 0 Å². The van der Waals surface area contributed by atoms with Crippen LogP contribution in [0.3, 0.4) is 0 Å². The summed E-state index contributed by atoms with van der Waals surface area (Å²) in [6.45, 7) is 5.71. The van der Waals surface area contributed by atoms with Gasteiger partial charge in [-0.15, -0.1) is 0 Å². The van der Waals surface area contributed by atoms with Gasteiger partial charge in [-0.1, -0.05) is 70.6 Å². The number of sulfonamides is 1. The number of carbonyl (C=O) groups is 1. The molecule has 0 unspecified atom stereocenters. The molecule has 0 aromatic heterocycles. The zero-order valence-corrected chi connectivity index (χ0v) is 25.4. The van der Waals surface area contributed by atoms with E-state index in [-0.39, 0.29) is 16.7 Å². The number of aryl methyl sites for hydroxylation is 1. The maximum atomic E-state index is 14.3. The van der Waals surface area contributed by atoms with Crippen molar-refractivity contribution in [3.8, 4) is 11.5 Å². The fourth-order valence-corrected chi connectivity index (χ4v) is 5.08. The lowest BCUT2D eigenvalue weighted by atomic mass is 10.0. The van der Waals surface area contributed by atoms with Crippen LogP contribution < -0.4 is 9.88 Å². The van der Waals surface area contributed by atoms with E-state index in [1.807, 2.05) is 20.8 Å². The highest BCUT2D eigenvalue weighted by molar-refractivity contribution is 7.89. The molecule has 0 spiro atoms. The lowest BCUT2D eigenvalue weighted by molar-refractivity contribution is -0.154. The second-order valence-electron chi connectivity index (χ2n) is 11.6. The van der Waals surface area contributed by atoms with Crippen molar-refractivity contribution in [1.82, 2.24) is 0 Å². The molecule has 2 aromatic rings. The molecular weight excluding hydrogens is 529 g/mol. The fraction of sp³-hybridized carbons (Fsp3) is 0.594. The number of carbonyl (C=O) groups excluding carboxylic acids is 1. The molecule has 0 radical (unpaired) electrons. The van der Waals surface area contributed by atoms with Gasteiger partial charge in [-0.3, -0.25) is 4.79 Å². The smallest absolute Gasteiger partial charge is 0.306 e. The molecule has 0 atom stereocenters. The van der Waals surface area contributed by atoms with Gasteiger partial charge < -0.3 is 9.47 Å². The van der Waals surface area contributed by atoms with Crippen LogP contribution in [0.1, 0.15) is 116 Å². The van der Waals surface area contributed by atoms with Crippen LogP contribution in [0.15, 0.2) is 47.4 Å². The Balaban J connectivity index is 1.49. The minimum atomic E-state index is -3.76. The summed E-state index contributed by atoms with van der Waals surface area (Å²) in [4.78, 5) is 11.7. The molecule has 0 saturated carbocycles. The highest BCUT2D eigenvalue weighted by Crippen LogP contribution is 2.26. The minimum Gasteiger partial charge on any atom is -0.460 e. The largest absolute Gasteiger partial charge is 0.460 e. The van der Waals surface area contributed by atoms with Crippen LogP contribution in [0, 0.1) is 5.82 Å². The van der Waals surface area contributed by atoms with Crippen molar-refractivity contribution in [1.29, 1.82) is 0 Å². The Bertz CT molecular complexity index is 1130. The highest BCUT2D eigenvalue weighted by atomic mass is 32.2. The lowest BCUT2D eigenvalue weighted by Crippen LogP contribution is -2.23. The van der Waals surface area contributed by atoms with Gasteiger partial charge in [0.15, 0.2) is 0 Å². The molecule has 0 bridgehead atoms. The summed E-state index contributed by atoms with van der Waals surface area (Å²) in [6, 6.07) is 10.5. The van der Waals surface area contributed by atoms with Gasteiger partial charge in [-0.05, 0) is 88.1 Å². The number of benzene rings is 2. The van der Waals surface area contributed by atoms with E-state index in [0.29, 0.717) is 29.9 Å². The maximum Gasteiger partial charge on any atom is 0.306 e. The zero-order valence-electron chi connectivity index (χ0n) is 24.6. The standard InChI is InChI=1S/C32H48FNO5S/c1-32(2,3)39-31(35)18-16-14-12-10-8-6-4-5-7-9-11-13-15-17-26-25-28(21-24-30(26)33)38-27-19-22-29(23-20-27)40(34,36)37/h19-25H,4-18H2,1-3H3,(H2,34,36,37). The number of unbranched alkanes of at least 4 members (excludes halogenated alkanes) is 12. The van der Waals surface area contributed by atoms with Crippen molar-refractivity contribution in [2.75, 3.05) is 0 Å². The summed E-state index contributed by atoms with van der Waals surface area (Å²) in [5.74, 6) is 0.647. The topological polar surface area (TPSA) is 95.7 Å². The predicted molar refractivity (Wildman–Crippen MR) is 158 cm³/mol. The van der Waals surface area contributed by atoms with Crippen molar-refractivity contribution < 1.29 is 27.1 Å². The summed E-state index contributed by atoms with van der Waals surface area (Å²) < 4.78 is 48.2. The third-order valence-electron chi connectivity index (χ3n) is 6.65. The Hall–Kier alpha value is -2.45. The summed E-state index contributed by atoms with van der Waals surface area (Å²) >= 11 is 0. The molecule has 6 nitrogen and oxygen atoms in total. The van der Waals surface area contributed by atoms with E-state index >= 15 is 0 Å². The molecular formula is C32H48FNO5S. The molecule has 40 heavy (non-hydrogen) atoms. The lowest BCUT2D eigenvalue weighted by Gasteiger charge is -2.19. The summed E-state index contributed by atoms with van der Waals surface area (Å²) in [6.07, 6.45) is 16.3. The number of esters is 1. The van der Waals surface area contributed by atoms with Crippen molar-refractivity contribution in [3.05, 3.63) is 53.8 Å². The third-order valence-corrected chi connectivity index (χ3v) is 7.58. The Labute approximate surface area is 240 Å². The van der Waals surface area contributed by atoms with Crippen molar-refractivity contribution in [2.45, 2.75) is 128 Å². The second kappa shape index (κ2) is 17.4. The monoisotopic (exact) mass is 577 g/mol. The van der Waals surface area contributed by atoms with E-state index < -0.39 is 15.6 Å². The van der Waals surface area contributed by atoms with Gasteiger partial charge in [0.05, 0.1) is 4.90 Å². The second-order valence-corrected chi connectivity index (χ2v) is 13.1. The molecule has 0 aliphatic carbocycles. The predicted octanol–water partition coefficient (Wildman–Crippen LogP) is 8.61. The molecule has 0 amide bonds. The summed E-state index contributed by atoms with van der Waals surface area (Å²) in [7, 11) is -3.76. The first-order valence-electron chi connectivity index (χ1n) is 14.7. The number of rotatable bonds is 19. The number of nitrogens with two attached hydrogens (primary N) is 1. The Morgan fingerprint density at radius 1 is 0.750 bits per heavy atom. The van der Waals surface area contributed by atoms with Crippen LogP contribution >= 0.6 is 0 Å². The highest BCUT2D eigenvalue weighted by Gasteiger charge is 2.15. The van der Waals surface area contributed by atoms with Crippen molar-refractivity contribution in [3.63, 3.8) is 0 Å². The minimum absolute atomic E-state index is 0.0138. The quantitative estimate of drug-likeness (QED) is 0.133. The molecule has 8 heteroatoms. The molecule has 2 aromatic carbocycles. The van der Waals surface area contributed by atoms with E-state index in [4.69, 9.17) is 14.6 Å². The van der Waals surface area contributed by atoms with E-state index in [9.17, 15) is 17.6 Å². The number of ether oxygens (including phenoxy) is 2. The number of primary sulfonamides is 1. The van der Waals surface area contributed by atoms with Crippen LogP contribution in [-0.2, 0) is 26.0 Å². The third kappa shape index (κ3) is 14.8. The Kier molecular flexibility index (Phi) is 14.7.